The zero-order chi connectivity index (χ0) is 33.7. The Morgan fingerprint density at radius 2 is 1.59 bits per heavy atom. The van der Waals surface area contributed by atoms with E-state index in [1.807, 2.05) is 98.6 Å². The smallest absolute Gasteiger partial charge is 0.407 e. The van der Waals surface area contributed by atoms with E-state index >= 15 is 0 Å². The first-order valence-electron chi connectivity index (χ1n) is 16.6. The Hall–Kier alpha value is -3.69. The molecule has 9 nitrogen and oxygen atoms in total. The van der Waals surface area contributed by atoms with Crippen LogP contribution in [-0.2, 0) is 20.7 Å². The quantitative estimate of drug-likeness (QED) is 0.234. The molecule has 4 unspecified atom stereocenters. The summed E-state index contributed by atoms with van der Waals surface area (Å²) in [6, 6.07) is 18.4. The van der Waals surface area contributed by atoms with Crippen LogP contribution in [0.2, 0.25) is 0 Å². The Morgan fingerprint density at radius 3 is 2.15 bits per heavy atom. The third kappa shape index (κ3) is 12.2. The number of aliphatic hydroxyl groups excluding tert-OH is 1. The van der Waals surface area contributed by atoms with E-state index < -0.39 is 35.8 Å². The summed E-state index contributed by atoms with van der Waals surface area (Å²) in [5.41, 5.74) is 1.22. The van der Waals surface area contributed by atoms with Gasteiger partial charge in [-0.05, 0) is 77.0 Å². The van der Waals surface area contributed by atoms with Gasteiger partial charge in [0.2, 0.25) is 11.8 Å². The number of amides is 3. The number of allylic oxidation sites excluding steroid dienone is 1. The number of aliphatic hydroxyl groups is 1. The fourth-order valence-electron chi connectivity index (χ4n) is 5.68. The number of piperidine rings is 1. The summed E-state index contributed by atoms with van der Waals surface area (Å²) in [6.45, 7) is 10.5. The summed E-state index contributed by atoms with van der Waals surface area (Å²) >= 11 is 0. The number of hydrogen-bond acceptors (Lipinski definition) is 6. The third-order valence-corrected chi connectivity index (χ3v) is 8.34. The van der Waals surface area contributed by atoms with Gasteiger partial charge in [0.05, 0.1) is 12.1 Å². The highest BCUT2D eigenvalue weighted by atomic mass is 16.6. The van der Waals surface area contributed by atoms with Crippen LogP contribution in [0.3, 0.4) is 0 Å². The molecule has 3 rings (SSSR count). The first-order valence-corrected chi connectivity index (χ1v) is 16.6. The number of ether oxygens (including phenoxy) is 1. The summed E-state index contributed by atoms with van der Waals surface area (Å²) in [5, 5.41) is 20.8. The van der Waals surface area contributed by atoms with Crippen LogP contribution >= 0.6 is 0 Å². The fraction of sp³-hybridized carbons (Fsp3) is 0.541. The molecule has 4 N–H and O–H groups in total. The molecule has 1 aliphatic rings. The monoisotopic (exact) mass is 634 g/mol. The van der Waals surface area contributed by atoms with Crippen molar-refractivity contribution in [1.82, 2.24) is 20.9 Å². The Morgan fingerprint density at radius 1 is 0.978 bits per heavy atom. The summed E-state index contributed by atoms with van der Waals surface area (Å²) in [4.78, 5) is 42.3. The maximum absolute atomic E-state index is 14.0. The molecule has 0 radical (unpaired) electrons. The molecule has 9 heteroatoms. The van der Waals surface area contributed by atoms with Gasteiger partial charge in [-0.2, -0.15) is 0 Å². The predicted octanol–water partition coefficient (Wildman–Crippen LogP) is 4.94. The minimum absolute atomic E-state index is 0.0742. The molecule has 0 aromatic heterocycles. The van der Waals surface area contributed by atoms with Gasteiger partial charge >= 0.3 is 6.09 Å². The molecule has 1 aliphatic heterocycles. The summed E-state index contributed by atoms with van der Waals surface area (Å²) < 4.78 is 5.50. The number of alkyl carbamates (subject to hydrolysis) is 1. The normalized spacial score (nSPS) is 16.9. The Kier molecular flexibility index (Phi) is 14.3. The van der Waals surface area contributed by atoms with Gasteiger partial charge in [-0.25, -0.2) is 4.79 Å². The van der Waals surface area contributed by atoms with Crippen LogP contribution in [0.15, 0.2) is 66.7 Å². The van der Waals surface area contributed by atoms with Gasteiger partial charge < -0.3 is 30.7 Å². The van der Waals surface area contributed by atoms with E-state index in [4.69, 9.17) is 4.74 Å². The van der Waals surface area contributed by atoms with Crippen molar-refractivity contribution in [3.63, 3.8) is 0 Å². The van der Waals surface area contributed by atoms with Gasteiger partial charge in [0.15, 0.2) is 0 Å². The van der Waals surface area contributed by atoms with Crippen molar-refractivity contribution in [2.45, 2.75) is 96.6 Å². The summed E-state index contributed by atoms with van der Waals surface area (Å²) in [7, 11) is 1.94. The number of carbonyl (C=O) groups is 3. The van der Waals surface area contributed by atoms with Crippen molar-refractivity contribution in [3.8, 4) is 0 Å². The van der Waals surface area contributed by atoms with Crippen LogP contribution < -0.4 is 16.0 Å². The van der Waals surface area contributed by atoms with E-state index in [1.165, 1.54) is 0 Å². The summed E-state index contributed by atoms with van der Waals surface area (Å²) in [5.74, 6) is -1.16. The van der Waals surface area contributed by atoms with E-state index in [2.05, 4.69) is 16.0 Å². The van der Waals surface area contributed by atoms with Crippen molar-refractivity contribution >= 4 is 24.0 Å². The Labute approximate surface area is 275 Å². The van der Waals surface area contributed by atoms with Gasteiger partial charge in [-0.3, -0.25) is 9.59 Å². The molecule has 0 spiro atoms. The molecule has 0 saturated carbocycles. The lowest BCUT2D eigenvalue weighted by Crippen LogP contribution is -2.55. The van der Waals surface area contributed by atoms with Crippen LogP contribution in [0.4, 0.5) is 4.79 Å². The van der Waals surface area contributed by atoms with E-state index in [0.717, 1.165) is 24.0 Å². The van der Waals surface area contributed by atoms with E-state index in [-0.39, 0.29) is 24.2 Å². The molecule has 46 heavy (non-hydrogen) atoms. The largest absolute Gasteiger partial charge is 0.444 e. The number of carbonyl (C=O) groups excluding carboxylic acids is 3. The highest BCUT2D eigenvalue weighted by Crippen LogP contribution is 2.21. The van der Waals surface area contributed by atoms with Crippen molar-refractivity contribution in [1.29, 1.82) is 0 Å². The zero-order valence-corrected chi connectivity index (χ0v) is 28.4. The fourth-order valence-corrected chi connectivity index (χ4v) is 5.68. The maximum atomic E-state index is 14.0. The number of likely N-dealkylation sites (tertiary alicyclic amines) is 1. The molecule has 2 aromatic carbocycles. The highest BCUT2D eigenvalue weighted by molar-refractivity contribution is 5.89. The lowest BCUT2D eigenvalue weighted by Gasteiger charge is -2.36. The topological polar surface area (TPSA) is 120 Å². The van der Waals surface area contributed by atoms with Crippen molar-refractivity contribution in [2.75, 3.05) is 20.1 Å². The molecule has 0 aliphatic carbocycles. The number of nitrogens with zero attached hydrogens (tertiary/aromatic N) is 1. The predicted molar refractivity (Wildman–Crippen MR) is 183 cm³/mol. The minimum Gasteiger partial charge on any atom is -0.444 e. The number of hydrogen-bond donors (Lipinski definition) is 4. The average Bonchev–Trinajstić information content (AvgIpc) is 3.02. The first-order chi connectivity index (χ1) is 21.9. The molecule has 1 heterocycles. The molecule has 4 atom stereocenters. The molecule has 252 valence electrons. The number of nitrogens with one attached hydrogen (secondary N) is 3. The molecule has 0 bridgehead atoms. The molecule has 1 saturated heterocycles. The van der Waals surface area contributed by atoms with E-state index in [0.29, 0.717) is 32.0 Å². The number of benzene rings is 2. The second-order valence-electron chi connectivity index (χ2n) is 13.6. The Bertz CT molecular complexity index is 1250. The Balaban J connectivity index is 1.81. The van der Waals surface area contributed by atoms with Gasteiger partial charge in [0, 0.05) is 25.0 Å². The second kappa shape index (κ2) is 17.9. The van der Waals surface area contributed by atoms with Gasteiger partial charge in [0.25, 0.3) is 0 Å². The minimum atomic E-state index is -1.07. The standard InChI is InChI=1S/C37H54N4O5/c1-26(2)33(35(44)41-22-20-30(38-6)21-23-41)40-34(43)29(19-13-18-27-14-9-7-10-15-27)25-32(42)31(24-28-16-11-8-12-17-28)39-36(45)46-37(3,4)5/h7-18,26,29-33,38,42H,19-25H2,1-6H3,(H,39,45)(H,40,43). The third-order valence-electron chi connectivity index (χ3n) is 8.34. The lowest BCUT2D eigenvalue weighted by atomic mass is 9.90. The van der Waals surface area contributed by atoms with Crippen LogP contribution in [0.1, 0.15) is 71.4 Å². The maximum Gasteiger partial charge on any atom is 0.407 e. The van der Waals surface area contributed by atoms with Gasteiger partial charge in [0.1, 0.15) is 11.6 Å². The SMILES string of the molecule is CNC1CCN(C(=O)C(NC(=O)C(CC=Cc2ccccc2)CC(O)C(Cc2ccccc2)NC(=O)OC(C)(C)C)C(C)C)CC1. The lowest BCUT2D eigenvalue weighted by molar-refractivity contribution is -0.139. The van der Waals surface area contributed by atoms with Crippen molar-refractivity contribution in [3.05, 3.63) is 77.9 Å². The van der Waals surface area contributed by atoms with Gasteiger partial charge in [-0.15, -0.1) is 0 Å². The molecule has 3 amide bonds. The second-order valence-corrected chi connectivity index (χ2v) is 13.6. The van der Waals surface area contributed by atoms with E-state index in [9.17, 15) is 19.5 Å². The van der Waals surface area contributed by atoms with Crippen LogP contribution in [0.25, 0.3) is 6.08 Å². The van der Waals surface area contributed by atoms with Crippen LogP contribution in [0.5, 0.6) is 0 Å². The highest BCUT2D eigenvalue weighted by Gasteiger charge is 2.34. The van der Waals surface area contributed by atoms with Gasteiger partial charge in [-0.1, -0.05) is 86.7 Å². The molecular weight excluding hydrogens is 580 g/mol. The van der Waals surface area contributed by atoms with Crippen molar-refractivity contribution < 1.29 is 24.2 Å². The van der Waals surface area contributed by atoms with E-state index in [1.54, 1.807) is 20.8 Å². The summed E-state index contributed by atoms with van der Waals surface area (Å²) in [6.07, 6.45) is 4.68. The van der Waals surface area contributed by atoms with Crippen LogP contribution in [-0.4, -0.2) is 77.9 Å². The number of rotatable bonds is 14. The average molecular weight is 635 g/mol. The molecular formula is C37H54N4O5. The molecule has 2 aromatic rings. The molecule has 1 fully saturated rings. The zero-order valence-electron chi connectivity index (χ0n) is 28.4. The first kappa shape index (κ1) is 36.8. The van der Waals surface area contributed by atoms with Crippen LogP contribution in [0, 0.1) is 11.8 Å². The van der Waals surface area contributed by atoms with Crippen molar-refractivity contribution in [2.24, 2.45) is 11.8 Å².